The van der Waals surface area contributed by atoms with Crippen molar-refractivity contribution in [2.24, 2.45) is 0 Å². The van der Waals surface area contributed by atoms with Crippen LogP contribution in [0.5, 0.6) is 11.5 Å². The molecule has 0 radical (unpaired) electrons. The van der Waals surface area contributed by atoms with Crippen LogP contribution in [-0.2, 0) is 16.1 Å². The molecule has 0 bridgehead atoms. The van der Waals surface area contributed by atoms with Crippen LogP contribution in [0.15, 0.2) is 53.0 Å². The Hall–Kier alpha value is -2.54. The molecule has 0 unspecified atom stereocenters. The van der Waals surface area contributed by atoms with Gasteiger partial charge in [-0.25, -0.2) is 0 Å². The molecule has 0 heterocycles. The van der Waals surface area contributed by atoms with Gasteiger partial charge in [0.15, 0.2) is 6.61 Å². The van der Waals surface area contributed by atoms with Crippen molar-refractivity contribution >= 4 is 27.7 Å². The number of benzene rings is 2. The molecule has 0 aromatic heterocycles. The van der Waals surface area contributed by atoms with Gasteiger partial charge in [0.2, 0.25) is 5.91 Å². The van der Waals surface area contributed by atoms with E-state index in [1.807, 2.05) is 43.3 Å². The highest BCUT2D eigenvalue weighted by atomic mass is 79.9. The quantitative estimate of drug-likeness (QED) is 0.638. The Morgan fingerprint density at radius 1 is 1.07 bits per heavy atom. The second-order valence-electron chi connectivity index (χ2n) is 6.15. The largest absolute Gasteiger partial charge is 0.497 e. The monoisotopic (exact) mass is 448 g/mol. The van der Waals surface area contributed by atoms with Crippen LogP contribution < -0.4 is 14.8 Å². The van der Waals surface area contributed by atoms with E-state index in [1.54, 1.807) is 31.2 Å². The van der Waals surface area contributed by atoms with Gasteiger partial charge in [0.05, 0.1) is 7.11 Å². The number of hydrogen-bond acceptors (Lipinski definition) is 4. The van der Waals surface area contributed by atoms with Gasteiger partial charge in [-0.2, -0.15) is 0 Å². The number of nitrogens with one attached hydrogen (secondary N) is 1. The van der Waals surface area contributed by atoms with Gasteiger partial charge >= 0.3 is 0 Å². The van der Waals surface area contributed by atoms with E-state index in [9.17, 15) is 9.59 Å². The Balaban J connectivity index is 2.16. The standard InChI is InChI=1S/C21H25BrN2O4/c1-4-19(21(26)23-2)24(13-15-5-9-17(27-3)10-6-15)20(25)14-28-18-11-7-16(22)8-12-18/h5-12,19H,4,13-14H2,1-3H3,(H,23,26)/t19-/m0/s1. The van der Waals surface area contributed by atoms with Crippen LogP contribution in [0.4, 0.5) is 0 Å². The van der Waals surface area contributed by atoms with Crippen molar-refractivity contribution in [2.45, 2.75) is 25.9 Å². The van der Waals surface area contributed by atoms with Crippen molar-refractivity contribution in [2.75, 3.05) is 20.8 Å². The van der Waals surface area contributed by atoms with Crippen LogP contribution in [0.25, 0.3) is 0 Å². The Morgan fingerprint density at radius 3 is 2.21 bits per heavy atom. The maximum Gasteiger partial charge on any atom is 0.261 e. The van der Waals surface area contributed by atoms with Crippen molar-refractivity contribution in [1.29, 1.82) is 0 Å². The number of halogens is 1. The molecule has 0 aliphatic rings. The Bertz CT molecular complexity index is 778. The summed E-state index contributed by atoms with van der Waals surface area (Å²) in [6.45, 7) is 2.04. The maximum absolute atomic E-state index is 12.9. The summed E-state index contributed by atoms with van der Waals surface area (Å²) in [5, 5.41) is 2.64. The fourth-order valence-electron chi connectivity index (χ4n) is 2.77. The summed E-state index contributed by atoms with van der Waals surface area (Å²) in [5.41, 5.74) is 0.903. The third-order valence-electron chi connectivity index (χ3n) is 4.32. The molecular weight excluding hydrogens is 424 g/mol. The minimum Gasteiger partial charge on any atom is -0.497 e. The highest BCUT2D eigenvalue weighted by molar-refractivity contribution is 9.10. The van der Waals surface area contributed by atoms with Gasteiger partial charge in [-0.3, -0.25) is 9.59 Å². The Labute approximate surface area is 174 Å². The van der Waals surface area contributed by atoms with Gasteiger partial charge in [0.1, 0.15) is 17.5 Å². The maximum atomic E-state index is 12.9. The van der Waals surface area contributed by atoms with Crippen LogP contribution in [0.3, 0.4) is 0 Å². The fourth-order valence-corrected chi connectivity index (χ4v) is 3.04. The first-order chi connectivity index (χ1) is 13.5. The minimum atomic E-state index is -0.576. The molecule has 0 saturated heterocycles. The predicted molar refractivity (Wildman–Crippen MR) is 111 cm³/mol. The molecule has 0 spiro atoms. The van der Waals surface area contributed by atoms with Gasteiger partial charge in [0, 0.05) is 18.1 Å². The van der Waals surface area contributed by atoms with Crippen LogP contribution in [-0.4, -0.2) is 43.5 Å². The van der Waals surface area contributed by atoms with E-state index in [1.165, 1.54) is 0 Å². The third-order valence-corrected chi connectivity index (χ3v) is 4.85. The number of ether oxygens (including phenoxy) is 2. The summed E-state index contributed by atoms with van der Waals surface area (Å²) >= 11 is 3.36. The highest BCUT2D eigenvalue weighted by Crippen LogP contribution is 2.18. The van der Waals surface area contributed by atoms with E-state index in [-0.39, 0.29) is 18.4 Å². The van der Waals surface area contributed by atoms with E-state index in [0.717, 1.165) is 15.8 Å². The van der Waals surface area contributed by atoms with Crippen molar-refractivity contribution in [3.05, 3.63) is 58.6 Å². The lowest BCUT2D eigenvalue weighted by molar-refractivity contribution is -0.142. The summed E-state index contributed by atoms with van der Waals surface area (Å²) in [5.74, 6) is 0.870. The fraction of sp³-hybridized carbons (Fsp3) is 0.333. The Morgan fingerprint density at radius 2 is 1.68 bits per heavy atom. The lowest BCUT2D eigenvalue weighted by Gasteiger charge is -2.30. The second-order valence-corrected chi connectivity index (χ2v) is 7.07. The molecule has 0 aliphatic heterocycles. The molecule has 1 N–H and O–H groups in total. The van der Waals surface area contributed by atoms with Gasteiger partial charge in [-0.1, -0.05) is 35.0 Å². The molecule has 28 heavy (non-hydrogen) atoms. The molecule has 2 rings (SSSR count). The molecule has 0 saturated carbocycles. The normalized spacial score (nSPS) is 11.4. The summed E-state index contributed by atoms with van der Waals surface area (Å²) in [6, 6.07) is 14.1. The number of rotatable bonds is 9. The smallest absolute Gasteiger partial charge is 0.261 e. The Kier molecular flexibility index (Phi) is 8.32. The number of carbonyl (C=O) groups is 2. The topological polar surface area (TPSA) is 67.9 Å². The van der Waals surface area contributed by atoms with Crippen LogP contribution in [0.2, 0.25) is 0 Å². The van der Waals surface area contributed by atoms with Crippen molar-refractivity contribution in [1.82, 2.24) is 10.2 Å². The zero-order valence-corrected chi connectivity index (χ0v) is 17.9. The zero-order chi connectivity index (χ0) is 20.5. The van der Waals surface area contributed by atoms with E-state index in [2.05, 4.69) is 21.2 Å². The molecular formula is C21H25BrN2O4. The summed E-state index contributed by atoms with van der Waals surface area (Å²) in [4.78, 5) is 26.8. The zero-order valence-electron chi connectivity index (χ0n) is 16.3. The lowest BCUT2D eigenvalue weighted by atomic mass is 10.1. The van der Waals surface area contributed by atoms with Crippen LogP contribution in [0, 0.1) is 0 Å². The first-order valence-corrected chi connectivity index (χ1v) is 9.80. The van der Waals surface area contributed by atoms with Gasteiger partial charge in [-0.05, 0) is 48.4 Å². The average Bonchev–Trinajstić information content (AvgIpc) is 2.73. The van der Waals surface area contributed by atoms with E-state index < -0.39 is 6.04 Å². The SMILES string of the molecule is CC[C@@H](C(=O)NC)N(Cc1ccc(OC)cc1)C(=O)COc1ccc(Br)cc1. The number of hydrogen-bond donors (Lipinski definition) is 1. The number of methoxy groups -OCH3 is 1. The highest BCUT2D eigenvalue weighted by Gasteiger charge is 2.28. The average molecular weight is 449 g/mol. The van der Waals surface area contributed by atoms with E-state index in [0.29, 0.717) is 18.7 Å². The number of nitrogens with zero attached hydrogens (tertiary/aromatic N) is 1. The summed E-state index contributed by atoms with van der Waals surface area (Å²) in [7, 11) is 3.17. The molecule has 6 nitrogen and oxygen atoms in total. The van der Waals surface area contributed by atoms with Gasteiger partial charge in [-0.15, -0.1) is 0 Å². The van der Waals surface area contributed by atoms with Crippen molar-refractivity contribution < 1.29 is 19.1 Å². The molecule has 2 aromatic rings. The van der Waals surface area contributed by atoms with Crippen LogP contribution in [0.1, 0.15) is 18.9 Å². The summed E-state index contributed by atoms with van der Waals surface area (Å²) < 4.78 is 11.7. The third kappa shape index (κ3) is 5.99. The van der Waals surface area contributed by atoms with Crippen molar-refractivity contribution in [3.63, 3.8) is 0 Å². The van der Waals surface area contributed by atoms with Gasteiger partial charge < -0.3 is 19.7 Å². The molecule has 0 fully saturated rings. The van der Waals surface area contributed by atoms with Crippen molar-refractivity contribution in [3.8, 4) is 11.5 Å². The number of amides is 2. The first kappa shape index (κ1) is 21.8. The number of likely N-dealkylation sites (N-methyl/N-ethyl adjacent to an activating group) is 1. The summed E-state index contributed by atoms with van der Waals surface area (Å²) in [6.07, 6.45) is 0.500. The predicted octanol–water partition coefficient (Wildman–Crippen LogP) is 3.39. The van der Waals surface area contributed by atoms with E-state index in [4.69, 9.17) is 9.47 Å². The molecule has 7 heteroatoms. The van der Waals surface area contributed by atoms with E-state index >= 15 is 0 Å². The number of carbonyl (C=O) groups excluding carboxylic acids is 2. The minimum absolute atomic E-state index is 0.148. The molecule has 1 atom stereocenters. The molecule has 150 valence electrons. The first-order valence-electron chi connectivity index (χ1n) is 9.00. The molecule has 2 amide bonds. The second kappa shape index (κ2) is 10.7. The van der Waals surface area contributed by atoms with Gasteiger partial charge in [0.25, 0.3) is 5.91 Å². The molecule has 2 aromatic carbocycles. The lowest BCUT2D eigenvalue weighted by Crippen LogP contribution is -2.49. The molecule has 0 aliphatic carbocycles. The van der Waals surface area contributed by atoms with Crippen LogP contribution >= 0.6 is 15.9 Å².